The number of carbonyl (C=O) groups is 1. The number of anilines is 1. The largest absolute Gasteiger partial charge is 0.494 e. The molecule has 0 atom stereocenters. The van der Waals surface area contributed by atoms with Crippen LogP contribution in [0.1, 0.15) is 19.8 Å². The van der Waals surface area contributed by atoms with E-state index in [1.807, 2.05) is 6.92 Å². The van der Waals surface area contributed by atoms with Crippen molar-refractivity contribution in [1.82, 2.24) is 5.32 Å². The molecule has 2 rings (SSSR count). The lowest BCUT2D eigenvalue weighted by atomic mass is 10.3. The molecule has 0 aromatic heterocycles. The summed E-state index contributed by atoms with van der Waals surface area (Å²) >= 11 is 0. The molecule has 1 aromatic rings. The first kappa shape index (κ1) is 15.6. The molecule has 1 aliphatic carbocycles. The second kappa shape index (κ2) is 6.34. The van der Waals surface area contributed by atoms with E-state index < -0.39 is 10.0 Å². The van der Waals surface area contributed by atoms with E-state index in [4.69, 9.17) is 4.74 Å². The highest BCUT2D eigenvalue weighted by atomic mass is 32.2. The molecule has 0 saturated heterocycles. The van der Waals surface area contributed by atoms with Gasteiger partial charge in [0.15, 0.2) is 0 Å². The zero-order valence-corrected chi connectivity index (χ0v) is 13.0. The number of ether oxygens (including phenoxy) is 1. The summed E-state index contributed by atoms with van der Waals surface area (Å²) in [4.78, 5) is 11.9. The fourth-order valence-corrected chi connectivity index (χ4v) is 2.77. The van der Waals surface area contributed by atoms with E-state index in [1.165, 1.54) is 0 Å². The quantitative estimate of drug-likeness (QED) is 0.819. The summed E-state index contributed by atoms with van der Waals surface area (Å²) in [5.74, 6) is 0.288. The number of sulfonamides is 1. The van der Waals surface area contributed by atoms with Crippen molar-refractivity contribution in [2.24, 2.45) is 0 Å². The molecule has 7 heteroatoms. The first-order chi connectivity index (χ1) is 9.90. The van der Waals surface area contributed by atoms with Crippen molar-refractivity contribution in [2.75, 3.05) is 23.7 Å². The Bertz CT molecular complexity index is 611. The third-order valence-electron chi connectivity index (χ3n) is 3.05. The number of nitrogens with one attached hydrogen (secondary N) is 1. The number of hydrogen-bond donors (Lipinski definition) is 1. The molecule has 21 heavy (non-hydrogen) atoms. The summed E-state index contributed by atoms with van der Waals surface area (Å²) in [5.41, 5.74) is 0.425. The highest BCUT2D eigenvalue weighted by Crippen LogP contribution is 2.23. The maximum absolute atomic E-state index is 11.9. The zero-order chi connectivity index (χ0) is 15.5. The second-order valence-corrected chi connectivity index (χ2v) is 6.95. The predicted octanol–water partition coefficient (Wildman–Crippen LogP) is 1.13. The lowest BCUT2D eigenvalue weighted by Gasteiger charge is -2.22. The number of amides is 1. The monoisotopic (exact) mass is 312 g/mol. The van der Waals surface area contributed by atoms with Crippen LogP contribution in [0.2, 0.25) is 0 Å². The summed E-state index contributed by atoms with van der Waals surface area (Å²) in [7, 11) is -3.54. The molecule has 0 spiro atoms. The Balaban J connectivity index is 2.18. The van der Waals surface area contributed by atoms with Crippen LogP contribution in [0.3, 0.4) is 0 Å². The molecule has 1 N–H and O–H groups in total. The van der Waals surface area contributed by atoms with E-state index >= 15 is 0 Å². The molecule has 1 aliphatic rings. The van der Waals surface area contributed by atoms with Gasteiger partial charge in [-0.1, -0.05) is 6.07 Å². The van der Waals surface area contributed by atoms with E-state index in [0.717, 1.165) is 23.4 Å². The molecule has 1 fully saturated rings. The van der Waals surface area contributed by atoms with Crippen LogP contribution in [0, 0.1) is 0 Å². The lowest BCUT2D eigenvalue weighted by molar-refractivity contribution is -0.119. The van der Waals surface area contributed by atoms with Gasteiger partial charge in [0, 0.05) is 12.1 Å². The SMILES string of the molecule is CCOc1cccc(N(CC(=O)NC2CC2)S(C)(=O)=O)c1. The minimum absolute atomic E-state index is 0.202. The van der Waals surface area contributed by atoms with Crippen molar-refractivity contribution >= 4 is 21.6 Å². The normalized spacial score (nSPS) is 14.6. The smallest absolute Gasteiger partial charge is 0.240 e. The van der Waals surface area contributed by atoms with E-state index in [0.29, 0.717) is 18.0 Å². The average molecular weight is 312 g/mol. The highest BCUT2D eigenvalue weighted by Gasteiger charge is 2.26. The summed E-state index contributed by atoms with van der Waals surface area (Å²) in [6.07, 6.45) is 3.01. The summed E-state index contributed by atoms with van der Waals surface area (Å²) in [6.45, 7) is 2.12. The average Bonchev–Trinajstić information content (AvgIpc) is 3.19. The molecule has 0 bridgehead atoms. The maximum atomic E-state index is 11.9. The van der Waals surface area contributed by atoms with Gasteiger partial charge in [-0.05, 0) is 31.9 Å². The number of carbonyl (C=O) groups excluding carboxylic acids is 1. The molecule has 0 unspecified atom stereocenters. The van der Waals surface area contributed by atoms with Crippen LogP contribution in [0.5, 0.6) is 5.75 Å². The topological polar surface area (TPSA) is 75.7 Å². The Morgan fingerprint density at radius 3 is 2.71 bits per heavy atom. The highest BCUT2D eigenvalue weighted by molar-refractivity contribution is 7.92. The van der Waals surface area contributed by atoms with Gasteiger partial charge in [0.1, 0.15) is 12.3 Å². The van der Waals surface area contributed by atoms with Crippen LogP contribution in [0.15, 0.2) is 24.3 Å². The fraction of sp³-hybridized carbons (Fsp3) is 0.500. The Labute approximate surface area is 125 Å². The van der Waals surface area contributed by atoms with Gasteiger partial charge in [-0.15, -0.1) is 0 Å². The van der Waals surface area contributed by atoms with E-state index in [1.54, 1.807) is 24.3 Å². The molecule has 6 nitrogen and oxygen atoms in total. The minimum atomic E-state index is -3.54. The first-order valence-corrected chi connectivity index (χ1v) is 8.75. The minimum Gasteiger partial charge on any atom is -0.494 e. The molecule has 0 radical (unpaired) electrons. The molecular formula is C14H20N2O4S. The van der Waals surface area contributed by atoms with E-state index in [2.05, 4.69) is 5.32 Å². The van der Waals surface area contributed by atoms with Crippen molar-refractivity contribution in [2.45, 2.75) is 25.8 Å². The third kappa shape index (κ3) is 4.63. The predicted molar refractivity (Wildman–Crippen MR) is 81.0 cm³/mol. The fourth-order valence-electron chi connectivity index (χ4n) is 1.93. The van der Waals surface area contributed by atoms with Gasteiger partial charge in [0.25, 0.3) is 0 Å². The summed E-state index contributed by atoms with van der Waals surface area (Å²) in [5, 5.41) is 2.79. The van der Waals surface area contributed by atoms with Gasteiger partial charge in [-0.3, -0.25) is 9.10 Å². The van der Waals surface area contributed by atoms with Crippen molar-refractivity contribution in [3.8, 4) is 5.75 Å². The second-order valence-electron chi connectivity index (χ2n) is 5.04. The standard InChI is InChI=1S/C14H20N2O4S/c1-3-20-13-6-4-5-12(9-13)16(21(2,18)19)10-14(17)15-11-7-8-11/h4-6,9,11H,3,7-8,10H2,1-2H3,(H,15,17). The Morgan fingerprint density at radius 1 is 1.43 bits per heavy atom. The van der Waals surface area contributed by atoms with Crippen LogP contribution in [0.25, 0.3) is 0 Å². The number of hydrogen-bond acceptors (Lipinski definition) is 4. The number of nitrogens with zero attached hydrogens (tertiary/aromatic N) is 1. The molecule has 0 aliphatic heterocycles. The van der Waals surface area contributed by atoms with Crippen molar-refractivity contribution < 1.29 is 17.9 Å². The molecule has 1 aromatic carbocycles. The van der Waals surface area contributed by atoms with E-state index in [9.17, 15) is 13.2 Å². The van der Waals surface area contributed by atoms with Crippen LogP contribution >= 0.6 is 0 Å². The number of rotatable bonds is 7. The lowest BCUT2D eigenvalue weighted by Crippen LogP contribution is -2.41. The van der Waals surface area contributed by atoms with E-state index in [-0.39, 0.29) is 18.5 Å². The molecule has 1 saturated carbocycles. The van der Waals surface area contributed by atoms with Crippen LogP contribution < -0.4 is 14.4 Å². The van der Waals surface area contributed by atoms with Crippen LogP contribution in [-0.2, 0) is 14.8 Å². The van der Waals surface area contributed by atoms with Gasteiger partial charge in [0.05, 0.1) is 18.6 Å². The zero-order valence-electron chi connectivity index (χ0n) is 12.2. The van der Waals surface area contributed by atoms with Gasteiger partial charge >= 0.3 is 0 Å². The molecule has 116 valence electrons. The number of benzene rings is 1. The van der Waals surface area contributed by atoms with Gasteiger partial charge in [0.2, 0.25) is 15.9 Å². The molecule has 1 amide bonds. The van der Waals surface area contributed by atoms with Crippen molar-refractivity contribution in [1.29, 1.82) is 0 Å². The van der Waals surface area contributed by atoms with Crippen molar-refractivity contribution in [3.63, 3.8) is 0 Å². The van der Waals surface area contributed by atoms with Crippen LogP contribution in [-0.4, -0.2) is 39.8 Å². The first-order valence-electron chi connectivity index (χ1n) is 6.90. The van der Waals surface area contributed by atoms with Crippen LogP contribution in [0.4, 0.5) is 5.69 Å². The van der Waals surface area contributed by atoms with Gasteiger partial charge in [-0.2, -0.15) is 0 Å². The summed E-state index contributed by atoms with van der Waals surface area (Å²) in [6, 6.07) is 6.92. The Morgan fingerprint density at radius 2 is 2.14 bits per heavy atom. The summed E-state index contributed by atoms with van der Waals surface area (Å²) < 4.78 is 30.3. The molecule has 0 heterocycles. The third-order valence-corrected chi connectivity index (χ3v) is 4.19. The van der Waals surface area contributed by atoms with Crippen molar-refractivity contribution in [3.05, 3.63) is 24.3 Å². The Kier molecular flexibility index (Phi) is 4.72. The Hall–Kier alpha value is -1.76. The van der Waals surface area contributed by atoms with Gasteiger partial charge < -0.3 is 10.1 Å². The molecular weight excluding hydrogens is 292 g/mol. The van der Waals surface area contributed by atoms with Gasteiger partial charge in [-0.25, -0.2) is 8.42 Å². The maximum Gasteiger partial charge on any atom is 0.240 e.